The van der Waals surface area contributed by atoms with Crippen LogP contribution in [0.2, 0.25) is 0 Å². The lowest BCUT2D eigenvalue weighted by molar-refractivity contribution is -0.369. The fourth-order valence-electron chi connectivity index (χ4n) is 6.69. The third-order valence-electron chi connectivity index (χ3n) is 10.2. The molecule has 55 heavy (non-hydrogen) atoms. The lowest BCUT2D eigenvalue weighted by Crippen LogP contribution is -2.59. The minimum absolute atomic E-state index is 0.181. The van der Waals surface area contributed by atoms with E-state index in [0.717, 1.165) is 51.4 Å². The first-order valence-corrected chi connectivity index (χ1v) is 20.8. The van der Waals surface area contributed by atoms with Crippen molar-refractivity contribution in [2.75, 3.05) is 6.61 Å². The number of hydrogen-bond donors (Lipinski definition) is 7. The van der Waals surface area contributed by atoms with E-state index in [4.69, 9.17) is 23.7 Å². The maximum Gasteiger partial charge on any atom is 0.405 e. The van der Waals surface area contributed by atoms with Crippen LogP contribution in [0, 0.1) is 0 Å². The number of hydrogen-bond acceptors (Lipinski definition) is 15. The first kappa shape index (κ1) is 48.6. The summed E-state index contributed by atoms with van der Waals surface area (Å²) < 4.78 is 25.7. The monoisotopic (exact) mass is 790 g/mol. The van der Waals surface area contributed by atoms with Crippen molar-refractivity contribution >= 4 is 17.9 Å². The van der Waals surface area contributed by atoms with Crippen molar-refractivity contribution in [3.05, 3.63) is 11.5 Å². The number of aliphatic hydroxyl groups is 7. The topological polar surface area (TPSA) is 239 Å². The van der Waals surface area contributed by atoms with Gasteiger partial charge in [0.15, 0.2) is 11.9 Å². The molecule has 15 heteroatoms. The Hall–Kier alpha value is -2.53. The van der Waals surface area contributed by atoms with Crippen LogP contribution in [0.3, 0.4) is 0 Å². The predicted octanol–water partition coefficient (Wildman–Crippen LogP) is 4.99. The first-order chi connectivity index (χ1) is 26.4. The van der Waals surface area contributed by atoms with E-state index in [1.165, 1.54) is 64.2 Å². The summed E-state index contributed by atoms with van der Waals surface area (Å²) in [4.78, 5) is 38.5. The van der Waals surface area contributed by atoms with Gasteiger partial charge in [0.25, 0.3) is 0 Å². The standard InChI is InChI=1S/C40H70O15/c1-3-5-7-9-11-13-15-17-19-21-23-25-29(42)54-40(50,55-30(43)26-24-22-20-18-16-14-12-10-8-6-4-2)37(48)35-34(47)36(38(49)52-35)53-39-33(46)32(45)31(44)28(27-41)51-39/h28,31-33,35,37,39,41,44-48,50H,3-27H2,1-2H3/t28-,31-,32+,33-,35+,37-,39?/m1/s1. The van der Waals surface area contributed by atoms with Crippen LogP contribution in [0.1, 0.15) is 168 Å². The number of rotatable bonds is 31. The van der Waals surface area contributed by atoms with Crippen molar-refractivity contribution in [1.82, 2.24) is 0 Å². The van der Waals surface area contributed by atoms with Gasteiger partial charge in [0.05, 0.1) is 6.61 Å². The van der Waals surface area contributed by atoms with Crippen LogP contribution in [0.4, 0.5) is 0 Å². The van der Waals surface area contributed by atoms with Crippen LogP contribution >= 0.6 is 0 Å². The van der Waals surface area contributed by atoms with Crippen molar-refractivity contribution in [1.29, 1.82) is 0 Å². The number of carbonyl (C=O) groups is 3. The highest BCUT2D eigenvalue weighted by molar-refractivity contribution is 5.89. The molecule has 7 N–H and O–H groups in total. The summed E-state index contributed by atoms with van der Waals surface area (Å²) in [5.41, 5.74) is 0. The average Bonchev–Trinajstić information content (AvgIpc) is 3.43. The number of ether oxygens (including phenoxy) is 5. The summed E-state index contributed by atoms with van der Waals surface area (Å²) in [6, 6.07) is 0. The summed E-state index contributed by atoms with van der Waals surface area (Å²) in [6.07, 6.45) is 8.82. The van der Waals surface area contributed by atoms with Gasteiger partial charge in [-0.15, -0.1) is 0 Å². The van der Waals surface area contributed by atoms with Crippen LogP contribution in [0.5, 0.6) is 0 Å². The quantitative estimate of drug-likeness (QED) is 0.0278. The lowest BCUT2D eigenvalue weighted by atomic mass is 9.99. The molecule has 1 fully saturated rings. The Morgan fingerprint density at radius 1 is 0.673 bits per heavy atom. The van der Waals surface area contributed by atoms with Gasteiger partial charge in [-0.1, -0.05) is 142 Å². The molecule has 0 aliphatic carbocycles. The highest BCUT2D eigenvalue weighted by atomic mass is 16.9. The molecular weight excluding hydrogens is 720 g/mol. The SMILES string of the molecule is CCCCCCCCCCCCCC(=O)OC(O)(OC(=O)CCCCCCCCCCCCC)[C@H](O)[C@H]1OC(=O)C(OC2O[C@H](CO)[C@@H](O)[C@H](O)[C@H]2O)=C1O. The molecule has 2 heterocycles. The summed E-state index contributed by atoms with van der Waals surface area (Å²) in [6.45, 7) is 3.57. The molecule has 0 aromatic heterocycles. The van der Waals surface area contributed by atoms with E-state index in [2.05, 4.69) is 13.8 Å². The van der Waals surface area contributed by atoms with Crippen LogP contribution in [0.25, 0.3) is 0 Å². The molecule has 1 saturated heterocycles. The van der Waals surface area contributed by atoms with E-state index in [9.17, 15) is 50.1 Å². The second-order valence-electron chi connectivity index (χ2n) is 15.0. The molecule has 0 aromatic rings. The van der Waals surface area contributed by atoms with Gasteiger partial charge in [0, 0.05) is 12.8 Å². The van der Waals surface area contributed by atoms with Gasteiger partial charge in [-0.05, 0) is 12.8 Å². The molecule has 7 atom stereocenters. The molecule has 0 amide bonds. The minimum Gasteiger partial charge on any atom is -0.505 e. The highest BCUT2D eigenvalue weighted by Crippen LogP contribution is 2.33. The van der Waals surface area contributed by atoms with Crippen LogP contribution in [0.15, 0.2) is 11.5 Å². The third-order valence-corrected chi connectivity index (χ3v) is 10.2. The lowest BCUT2D eigenvalue weighted by Gasteiger charge is -2.39. The molecule has 2 aliphatic heterocycles. The molecule has 0 radical (unpaired) electrons. The maximum atomic E-state index is 12.9. The minimum atomic E-state index is -3.39. The van der Waals surface area contributed by atoms with Crippen LogP contribution in [-0.2, 0) is 38.1 Å². The Labute approximate surface area is 326 Å². The second-order valence-corrected chi connectivity index (χ2v) is 15.0. The largest absolute Gasteiger partial charge is 0.505 e. The van der Waals surface area contributed by atoms with Crippen LogP contribution < -0.4 is 0 Å². The van der Waals surface area contributed by atoms with Crippen molar-refractivity contribution in [3.8, 4) is 0 Å². The van der Waals surface area contributed by atoms with E-state index in [1.807, 2.05) is 0 Å². The van der Waals surface area contributed by atoms with Crippen molar-refractivity contribution < 1.29 is 73.8 Å². The van der Waals surface area contributed by atoms with Gasteiger partial charge in [-0.25, -0.2) is 4.79 Å². The van der Waals surface area contributed by atoms with E-state index < -0.39 is 84.9 Å². The van der Waals surface area contributed by atoms with E-state index in [1.54, 1.807) is 0 Å². The highest BCUT2D eigenvalue weighted by Gasteiger charge is 2.56. The Bertz CT molecular complexity index is 1090. The zero-order valence-corrected chi connectivity index (χ0v) is 33.1. The number of esters is 3. The molecule has 2 aliphatic rings. The van der Waals surface area contributed by atoms with E-state index in [0.29, 0.717) is 25.7 Å². The molecular formula is C40H70O15. The maximum absolute atomic E-state index is 12.9. The zero-order chi connectivity index (χ0) is 40.6. The van der Waals surface area contributed by atoms with Gasteiger partial charge >= 0.3 is 23.9 Å². The van der Waals surface area contributed by atoms with Crippen molar-refractivity contribution in [3.63, 3.8) is 0 Å². The molecule has 0 bridgehead atoms. The van der Waals surface area contributed by atoms with Gasteiger partial charge in [0.2, 0.25) is 18.2 Å². The normalized spacial score (nSPS) is 23.5. The fourth-order valence-corrected chi connectivity index (χ4v) is 6.69. The summed E-state index contributed by atoms with van der Waals surface area (Å²) in [7, 11) is 0. The average molecular weight is 791 g/mol. The summed E-state index contributed by atoms with van der Waals surface area (Å²) >= 11 is 0. The second kappa shape index (κ2) is 27.2. The molecule has 1 unspecified atom stereocenters. The number of unbranched alkanes of at least 4 members (excludes halogenated alkanes) is 20. The van der Waals surface area contributed by atoms with Gasteiger partial charge in [-0.2, -0.15) is 0 Å². The van der Waals surface area contributed by atoms with E-state index >= 15 is 0 Å². The van der Waals surface area contributed by atoms with Gasteiger partial charge in [-0.3, -0.25) is 9.59 Å². The Morgan fingerprint density at radius 2 is 1.07 bits per heavy atom. The molecule has 0 spiro atoms. The fraction of sp³-hybridized carbons (Fsp3) is 0.875. The zero-order valence-electron chi connectivity index (χ0n) is 33.1. The Kier molecular flexibility index (Phi) is 24.0. The van der Waals surface area contributed by atoms with E-state index in [-0.39, 0.29) is 12.8 Å². The summed E-state index contributed by atoms with van der Waals surface area (Å²) in [5.74, 6) is -8.98. The number of aliphatic hydroxyl groups excluding tert-OH is 6. The Morgan fingerprint density at radius 3 is 1.47 bits per heavy atom. The molecule has 2 rings (SSSR count). The molecule has 0 aromatic carbocycles. The molecule has 320 valence electrons. The number of carbonyl (C=O) groups excluding carboxylic acids is 3. The number of cyclic esters (lactones) is 1. The van der Waals surface area contributed by atoms with Gasteiger partial charge in [0.1, 0.15) is 24.4 Å². The first-order valence-electron chi connectivity index (χ1n) is 20.8. The predicted molar refractivity (Wildman–Crippen MR) is 200 cm³/mol. The molecule has 0 saturated carbocycles. The van der Waals surface area contributed by atoms with Gasteiger partial charge < -0.3 is 59.4 Å². The molecule has 15 nitrogen and oxygen atoms in total. The Balaban J connectivity index is 2.01. The van der Waals surface area contributed by atoms with Crippen molar-refractivity contribution in [2.24, 2.45) is 0 Å². The summed E-state index contributed by atoms with van der Waals surface area (Å²) in [5, 5.41) is 73.3. The third kappa shape index (κ3) is 17.2. The van der Waals surface area contributed by atoms with Crippen LogP contribution in [-0.4, -0.2) is 109 Å². The van der Waals surface area contributed by atoms with Crippen molar-refractivity contribution in [2.45, 2.75) is 217 Å². The smallest absolute Gasteiger partial charge is 0.405 e.